The first kappa shape index (κ1) is 26.5. The molecule has 1 unspecified atom stereocenters. The van der Waals surface area contributed by atoms with E-state index in [9.17, 15) is 27.6 Å². The molecule has 1 saturated heterocycles. The fourth-order valence-corrected chi connectivity index (χ4v) is 5.00. The number of terminal acetylenes is 1. The quantitative estimate of drug-likeness (QED) is 0.420. The Morgan fingerprint density at radius 2 is 1.73 bits per heavy atom. The molecular weight excluding hydrogens is 486 g/mol. The zero-order valence-electron chi connectivity index (χ0n) is 20.1. The molecular formula is C28H27F4N3O2. The van der Waals surface area contributed by atoms with Crippen molar-refractivity contribution in [3.05, 3.63) is 53.8 Å². The lowest BCUT2D eigenvalue weighted by atomic mass is 9.92. The van der Waals surface area contributed by atoms with E-state index >= 15 is 0 Å². The van der Waals surface area contributed by atoms with Crippen molar-refractivity contribution in [2.24, 2.45) is 0 Å². The maximum Gasteiger partial charge on any atom is 0.416 e. The Morgan fingerprint density at radius 1 is 1.05 bits per heavy atom. The van der Waals surface area contributed by atoms with E-state index in [4.69, 9.17) is 11.2 Å². The number of alkyl halides is 3. The highest BCUT2D eigenvalue weighted by atomic mass is 19.4. The first-order valence-corrected chi connectivity index (χ1v) is 12.2. The third-order valence-corrected chi connectivity index (χ3v) is 6.99. The number of nitrogens with zero attached hydrogens (tertiary/aromatic N) is 2. The second-order valence-electron chi connectivity index (χ2n) is 9.39. The number of nitrogens with one attached hydrogen (secondary N) is 1. The number of hydrogen-bond donors (Lipinski definition) is 1. The highest BCUT2D eigenvalue weighted by molar-refractivity contribution is 5.80. The molecule has 5 nitrogen and oxygen atoms in total. The first-order chi connectivity index (χ1) is 17.7. The van der Waals surface area contributed by atoms with Crippen LogP contribution in [0.4, 0.5) is 17.6 Å². The van der Waals surface area contributed by atoms with Crippen LogP contribution in [0.3, 0.4) is 0 Å². The van der Waals surface area contributed by atoms with Gasteiger partial charge in [0.2, 0.25) is 5.91 Å². The molecule has 194 valence electrons. The number of hydrogen-bond acceptors (Lipinski definition) is 4. The van der Waals surface area contributed by atoms with Crippen LogP contribution in [0, 0.1) is 29.5 Å². The molecule has 4 rings (SSSR count). The number of nitriles is 1. The Labute approximate surface area is 213 Å². The van der Waals surface area contributed by atoms with E-state index in [0.29, 0.717) is 49.8 Å². The van der Waals surface area contributed by atoms with Crippen molar-refractivity contribution in [2.75, 3.05) is 6.54 Å². The van der Waals surface area contributed by atoms with Gasteiger partial charge in [-0.1, -0.05) is 18.1 Å². The zero-order valence-corrected chi connectivity index (χ0v) is 20.1. The van der Waals surface area contributed by atoms with Gasteiger partial charge >= 0.3 is 6.18 Å². The smallest absolute Gasteiger partial charge is 0.416 e. The number of amides is 1. The number of ether oxygens (including phenoxy) is 1. The molecule has 1 heterocycles. The van der Waals surface area contributed by atoms with Gasteiger partial charge in [0, 0.05) is 11.6 Å². The summed E-state index contributed by atoms with van der Waals surface area (Å²) in [6.45, 7) is 0.0835. The predicted octanol–water partition coefficient (Wildman–Crippen LogP) is 5.31. The topological polar surface area (TPSA) is 65.4 Å². The third-order valence-electron chi connectivity index (χ3n) is 6.99. The first-order valence-electron chi connectivity index (χ1n) is 12.2. The van der Waals surface area contributed by atoms with Gasteiger partial charge in [0.15, 0.2) is 0 Å². The number of likely N-dealkylation sites (tertiary alicyclic amines) is 1. The SMILES string of the molecule is C#CC1CC[C@@H](C#N)N1C(=O)CNC1CCC(Oc2ccc(C(F)(F)F)cc2-c2ccc(F)cc2)CC1. The zero-order chi connectivity index (χ0) is 26.6. The summed E-state index contributed by atoms with van der Waals surface area (Å²) in [5.74, 6) is 2.22. The largest absolute Gasteiger partial charge is 0.490 e. The summed E-state index contributed by atoms with van der Waals surface area (Å²) >= 11 is 0. The van der Waals surface area contributed by atoms with Crippen LogP contribution in [-0.2, 0) is 11.0 Å². The van der Waals surface area contributed by atoms with Gasteiger partial charge in [0.1, 0.15) is 17.6 Å². The van der Waals surface area contributed by atoms with Crippen LogP contribution in [-0.4, -0.2) is 41.6 Å². The fourth-order valence-electron chi connectivity index (χ4n) is 5.00. The molecule has 1 aliphatic heterocycles. The van der Waals surface area contributed by atoms with Crippen molar-refractivity contribution in [2.45, 2.75) is 68.9 Å². The van der Waals surface area contributed by atoms with Gasteiger partial charge < -0.3 is 15.0 Å². The molecule has 2 fully saturated rings. The molecule has 37 heavy (non-hydrogen) atoms. The second kappa shape index (κ2) is 11.2. The van der Waals surface area contributed by atoms with Crippen molar-refractivity contribution in [1.82, 2.24) is 10.2 Å². The van der Waals surface area contributed by atoms with Gasteiger partial charge in [-0.3, -0.25) is 4.79 Å². The summed E-state index contributed by atoms with van der Waals surface area (Å²) in [4.78, 5) is 14.2. The Bertz CT molecular complexity index is 1170. The molecule has 1 aliphatic carbocycles. The average molecular weight is 514 g/mol. The number of carbonyl (C=O) groups is 1. The van der Waals surface area contributed by atoms with Crippen molar-refractivity contribution >= 4 is 5.91 Å². The van der Waals surface area contributed by atoms with Crippen LogP contribution >= 0.6 is 0 Å². The van der Waals surface area contributed by atoms with E-state index in [1.165, 1.54) is 35.2 Å². The molecule has 1 N–H and O–H groups in total. The molecule has 2 aromatic carbocycles. The van der Waals surface area contributed by atoms with E-state index in [0.717, 1.165) is 12.1 Å². The average Bonchev–Trinajstić information content (AvgIpc) is 3.32. The van der Waals surface area contributed by atoms with Gasteiger partial charge in [0.25, 0.3) is 0 Å². The van der Waals surface area contributed by atoms with Crippen LogP contribution < -0.4 is 10.1 Å². The van der Waals surface area contributed by atoms with E-state index in [-0.39, 0.29) is 36.2 Å². The second-order valence-corrected chi connectivity index (χ2v) is 9.39. The molecule has 0 aromatic heterocycles. The maximum absolute atomic E-state index is 13.4. The molecule has 2 atom stereocenters. The lowest BCUT2D eigenvalue weighted by Crippen LogP contribution is -2.47. The van der Waals surface area contributed by atoms with Crippen LogP contribution in [0.25, 0.3) is 11.1 Å². The monoisotopic (exact) mass is 513 g/mol. The number of halogens is 4. The fraction of sp³-hybridized carbons (Fsp3) is 0.429. The predicted molar refractivity (Wildman–Crippen MR) is 130 cm³/mol. The van der Waals surface area contributed by atoms with Crippen molar-refractivity contribution < 1.29 is 27.1 Å². The van der Waals surface area contributed by atoms with Gasteiger partial charge in [-0.25, -0.2) is 4.39 Å². The Hall–Kier alpha value is -3.56. The minimum Gasteiger partial charge on any atom is -0.490 e. The molecule has 2 aliphatic rings. The van der Waals surface area contributed by atoms with E-state index in [1.54, 1.807) is 0 Å². The highest BCUT2D eigenvalue weighted by Gasteiger charge is 2.36. The van der Waals surface area contributed by atoms with Gasteiger partial charge in [-0.15, -0.1) is 6.42 Å². The molecule has 1 amide bonds. The summed E-state index contributed by atoms with van der Waals surface area (Å²) < 4.78 is 59.5. The maximum atomic E-state index is 13.4. The van der Waals surface area contributed by atoms with Gasteiger partial charge in [-0.05, 0) is 74.4 Å². The standard InChI is InChI=1S/C28H27F4N3O2/c1-2-22-10-11-23(16-33)35(22)27(36)17-34-21-8-12-24(13-9-21)37-26-14-5-19(28(30,31)32)15-25(26)18-3-6-20(29)7-4-18/h1,3-7,14-15,21-24,34H,8-13,17H2/t21?,22?,23-,24?/m0/s1. The molecule has 2 aromatic rings. The molecule has 0 bridgehead atoms. The summed E-state index contributed by atoms with van der Waals surface area (Å²) in [5, 5.41) is 12.6. The highest BCUT2D eigenvalue weighted by Crippen LogP contribution is 2.38. The van der Waals surface area contributed by atoms with Gasteiger partial charge in [0.05, 0.1) is 30.3 Å². The number of carbonyl (C=O) groups excluding carboxylic acids is 1. The Balaban J connectivity index is 1.37. The summed E-state index contributed by atoms with van der Waals surface area (Å²) in [6, 6.07) is 9.93. The summed E-state index contributed by atoms with van der Waals surface area (Å²) in [6.07, 6.45) is 4.70. The summed E-state index contributed by atoms with van der Waals surface area (Å²) in [5.41, 5.74) is -0.124. The van der Waals surface area contributed by atoms with Gasteiger partial charge in [-0.2, -0.15) is 18.4 Å². The molecule has 0 spiro atoms. The van der Waals surface area contributed by atoms with E-state index < -0.39 is 23.6 Å². The Kier molecular flexibility index (Phi) is 8.04. The van der Waals surface area contributed by atoms with Crippen LogP contribution in [0.2, 0.25) is 0 Å². The van der Waals surface area contributed by atoms with Crippen LogP contribution in [0.5, 0.6) is 5.75 Å². The molecule has 1 saturated carbocycles. The van der Waals surface area contributed by atoms with E-state index in [1.807, 2.05) is 0 Å². The minimum atomic E-state index is -4.52. The lowest BCUT2D eigenvalue weighted by Gasteiger charge is -2.31. The van der Waals surface area contributed by atoms with Crippen molar-refractivity contribution in [3.8, 4) is 35.3 Å². The molecule has 0 radical (unpaired) electrons. The summed E-state index contributed by atoms with van der Waals surface area (Å²) in [7, 11) is 0. The number of rotatable bonds is 6. The minimum absolute atomic E-state index is 0.0698. The van der Waals surface area contributed by atoms with Crippen molar-refractivity contribution in [1.29, 1.82) is 5.26 Å². The third kappa shape index (κ3) is 6.23. The lowest BCUT2D eigenvalue weighted by molar-refractivity contribution is -0.137. The van der Waals surface area contributed by atoms with Crippen LogP contribution in [0.1, 0.15) is 44.1 Å². The Morgan fingerprint density at radius 3 is 2.35 bits per heavy atom. The van der Waals surface area contributed by atoms with Crippen molar-refractivity contribution in [3.63, 3.8) is 0 Å². The van der Waals surface area contributed by atoms with E-state index in [2.05, 4.69) is 17.3 Å². The normalized spacial score (nSPS) is 23.8. The van der Waals surface area contributed by atoms with Crippen LogP contribution in [0.15, 0.2) is 42.5 Å². The number of benzene rings is 2. The molecule has 9 heteroatoms.